The van der Waals surface area contributed by atoms with Gasteiger partial charge in [0, 0.05) is 24.3 Å². The lowest BCUT2D eigenvalue weighted by Crippen LogP contribution is -2.10. The Morgan fingerprint density at radius 1 is 1.36 bits per heavy atom. The highest BCUT2D eigenvalue weighted by molar-refractivity contribution is 9.10. The fourth-order valence-electron chi connectivity index (χ4n) is 1.07. The second-order valence-electron chi connectivity index (χ2n) is 3.08. The van der Waals surface area contributed by atoms with E-state index in [2.05, 4.69) is 20.7 Å². The van der Waals surface area contributed by atoms with Crippen molar-refractivity contribution < 1.29 is 9.53 Å². The number of esters is 1. The van der Waals surface area contributed by atoms with Crippen molar-refractivity contribution in [1.29, 1.82) is 0 Å². The number of hydrogen-bond acceptors (Lipinski definition) is 3. The van der Waals surface area contributed by atoms with Gasteiger partial charge < -0.3 is 9.64 Å². The molecule has 0 aliphatic heterocycles. The first-order chi connectivity index (χ1) is 6.54. The number of carbonyl (C=O) groups excluding carboxylic acids is 1. The minimum absolute atomic E-state index is 0.325. The van der Waals surface area contributed by atoms with Crippen molar-refractivity contribution in [1.82, 2.24) is 0 Å². The first-order valence-corrected chi connectivity index (χ1v) is 4.90. The number of ether oxygens (including phenoxy) is 1. The van der Waals surface area contributed by atoms with Crippen molar-refractivity contribution in [3.63, 3.8) is 0 Å². The summed E-state index contributed by atoms with van der Waals surface area (Å²) in [5, 5.41) is 0. The molecule has 0 spiro atoms. The van der Waals surface area contributed by atoms with Crippen LogP contribution in [0.4, 0.5) is 5.69 Å². The van der Waals surface area contributed by atoms with Crippen LogP contribution in [0.25, 0.3) is 0 Å². The predicted octanol–water partition coefficient (Wildman–Crippen LogP) is 2.30. The molecule has 0 bridgehead atoms. The van der Waals surface area contributed by atoms with E-state index in [-0.39, 0.29) is 5.97 Å². The quantitative estimate of drug-likeness (QED) is 0.762. The molecule has 0 atom stereocenters. The van der Waals surface area contributed by atoms with Gasteiger partial charge in [0.2, 0.25) is 0 Å². The number of hydrogen-bond donors (Lipinski definition) is 0. The van der Waals surface area contributed by atoms with Crippen molar-refractivity contribution in [3.05, 3.63) is 28.2 Å². The molecule has 4 heteroatoms. The van der Waals surface area contributed by atoms with Gasteiger partial charge in [-0.15, -0.1) is 0 Å². The van der Waals surface area contributed by atoms with Crippen LogP contribution in [0.3, 0.4) is 0 Å². The molecule has 0 saturated carbocycles. The Morgan fingerprint density at radius 3 is 2.50 bits per heavy atom. The van der Waals surface area contributed by atoms with Gasteiger partial charge in [-0.2, -0.15) is 0 Å². The fourth-order valence-corrected chi connectivity index (χ4v) is 1.55. The molecule has 0 heterocycles. The van der Waals surface area contributed by atoms with Crippen LogP contribution in [0.2, 0.25) is 0 Å². The van der Waals surface area contributed by atoms with Crippen LogP contribution < -0.4 is 4.90 Å². The monoisotopic (exact) mass is 257 g/mol. The summed E-state index contributed by atoms with van der Waals surface area (Å²) in [5.74, 6) is -0.325. The number of rotatable bonds is 2. The van der Waals surface area contributed by atoms with E-state index in [1.807, 2.05) is 25.1 Å². The van der Waals surface area contributed by atoms with E-state index < -0.39 is 0 Å². The zero-order chi connectivity index (χ0) is 10.7. The third kappa shape index (κ3) is 2.48. The highest BCUT2D eigenvalue weighted by Crippen LogP contribution is 2.21. The van der Waals surface area contributed by atoms with Gasteiger partial charge in [0.25, 0.3) is 0 Å². The molecule has 3 nitrogen and oxygen atoms in total. The molecular weight excluding hydrogens is 246 g/mol. The summed E-state index contributed by atoms with van der Waals surface area (Å²) in [6.45, 7) is 0. The highest BCUT2D eigenvalue weighted by Gasteiger charge is 2.08. The zero-order valence-corrected chi connectivity index (χ0v) is 9.96. The lowest BCUT2D eigenvalue weighted by molar-refractivity contribution is 0.0600. The molecule has 0 aliphatic carbocycles. The Labute approximate surface area is 91.8 Å². The summed E-state index contributed by atoms with van der Waals surface area (Å²) in [5.41, 5.74) is 1.50. The van der Waals surface area contributed by atoms with Crippen molar-refractivity contribution in [2.24, 2.45) is 0 Å². The molecule has 14 heavy (non-hydrogen) atoms. The molecular formula is C10H12BrNO2. The second-order valence-corrected chi connectivity index (χ2v) is 4.00. The molecule has 0 radical (unpaired) electrons. The lowest BCUT2D eigenvalue weighted by Gasteiger charge is -2.13. The second kappa shape index (κ2) is 4.46. The topological polar surface area (TPSA) is 29.5 Å². The summed E-state index contributed by atoms with van der Waals surface area (Å²) in [6.07, 6.45) is 0. The fraction of sp³-hybridized carbons (Fsp3) is 0.300. The molecule has 0 N–H and O–H groups in total. The first kappa shape index (κ1) is 11.0. The Balaban J connectivity index is 3.13. The Hall–Kier alpha value is -1.03. The van der Waals surface area contributed by atoms with Gasteiger partial charge >= 0.3 is 5.97 Å². The normalized spacial score (nSPS) is 9.71. The summed E-state index contributed by atoms with van der Waals surface area (Å²) in [6, 6.07) is 5.46. The van der Waals surface area contributed by atoms with Crippen molar-refractivity contribution in [2.45, 2.75) is 0 Å². The number of halogens is 1. The van der Waals surface area contributed by atoms with E-state index in [4.69, 9.17) is 0 Å². The average Bonchev–Trinajstić information content (AvgIpc) is 2.15. The van der Waals surface area contributed by atoms with Crippen LogP contribution in [-0.4, -0.2) is 27.2 Å². The van der Waals surface area contributed by atoms with Crippen LogP contribution >= 0.6 is 15.9 Å². The number of nitrogens with zero attached hydrogens (tertiary/aromatic N) is 1. The first-order valence-electron chi connectivity index (χ1n) is 4.11. The van der Waals surface area contributed by atoms with Gasteiger partial charge in [0.05, 0.1) is 12.7 Å². The number of carbonyl (C=O) groups is 1. The molecule has 0 unspecified atom stereocenters. The van der Waals surface area contributed by atoms with Gasteiger partial charge in [-0.25, -0.2) is 4.79 Å². The summed E-state index contributed by atoms with van der Waals surface area (Å²) in [7, 11) is 5.21. The minimum Gasteiger partial charge on any atom is -0.465 e. The Morgan fingerprint density at radius 2 is 2.00 bits per heavy atom. The van der Waals surface area contributed by atoms with Crippen LogP contribution in [-0.2, 0) is 4.74 Å². The Bertz CT molecular complexity index is 350. The van der Waals surface area contributed by atoms with Gasteiger partial charge in [-0.3, -0.25) is 0 Å². The smallest absolute Gasteiger partial charge is 0.337 e. The maximum Gasteiger partial charge on any atom is 0.337 e. The zero-order valence-electron chi connectivity index (χ0n) is 8.37. The maximum atomic E-state index is 11.3. The predicted molar refractivity (Wildman–Crippen MR) is 59.8 cm³/mol. The SMILES string of the molecule is COC(=O)c1cc(Br)cc(N(C)C)c1. The van der Waals surface area contributed by atoms with E-state index in [0.717, 1.165) is 10.2 Å². The molecule has 1 aromatic carbocycles. The number of benzene rings is 1. The summed E-state index contributed by atoms with van der Waals surface area (Å²) >= 11 is 3.34. The van der Waals surface area contributed by atoms with Gasteiger partial charge in [-0.1, -0.05) is 15.9 Å². The van der Waals surface area contributed by atoms with Crippen LogP contribution in [0.1, 0.15) is 10.4 Å². The van der Waals surface area contributed by atoms with Crippen LogP contribution in [0, 0.1) is 0 Å². The molecule has 0 saturated heterocycles. The summed E-state index contributed by atoms with van der Waals surface area (Å²) in [4.78, 5) is 13.2. The Kier molecular flexibility index (Phi) is 3.52. The molecule has 76 valence electrons. The van der Waals surface area contributed by atoms with Gasteiger partial charge in [0.15, 0.2) is 0 Å². The molecule has 1 rings (SSSR count). The highest BCUT2D eigenvalue weighted by atomic mass is 79.9. The minimum atomic E-state index is -0.325. The number of anilines is 1. The molecule has 0 fully saturated rings. The third-order valence-corrected chi connectivity index (χ3v) is 2.28. The van der Waals surface area contributed by atoms with E-state index >= 15 is 0 Å². The van der Waals surface area contributed by atoms with Crippen molar-refractivity contribution >= 4 is 27.6 Å². The lowest BCUT2D eigenvalue weighted by atomic mass is 10.2. The third-order valence-electron chi connectivity index (χ3n) is 1.82. The van der Waals surface area contributed by atoms with E-state index in [1.54, 1.807) is 12.1 Å². The molecule has 0 aromatic heterocycles. The van der Waals surface area contributed by atoms with E-state index in [0.29, 0.717) is 5.56 Å². The summed E-state index contributed by atoms with van der Waals surface area (Å²) < 4.78 is 5.51. The van der Waals surface area contributed by atoms with E-state index in [1.165, 1.54) is 7.11 Å². The molecule has 0 amide bonds. The van der Waals surface area contributed by atoms with Gasteiger partial charge in [0.1, 0.15) is 0 Å². The van der Waals surface area contributed by atoms with E-state index in [9.17, 15) is 4.79 Å². The largest absolute Gasteiger partial charge is 0.465 e. The van der Waals surface area contributed by atoms with Gasteiger partial charge in [-0.05, 0) is 18.2 Å². The number of methoxy groups -OCH3 is 1. The maximum absolute atomic E-state index is 11.3. The molecule has 1 aromatic rings. The van der Waals surface area contributed by atoms with Crippen molar-refractivity contribution in [3.8, 4) is 0 Å². The van der Waals surface area contributed by atoms with Crippen LogP contribution in [0.15, 0.2) is 22.7 Å². The van der Waals surface area contributed by atoms with Crippen molar-refractivity contribution in [2.75, 3.05) is 26.1 Å². The van der Waals surface area contributed by atoms with Crippen LogP contribution in [0.5, 0.6) is 0 Å². The molecule has 0 aliphatic rings. The standard InChI is InChI=1S/C10H12BrNO2/c1-12(2)9-5-7(10(13)14-3)4-8(11)6-9/h4-6H,1-3H3. The average molecular weight is 258 g/mol.